The fourth-order valence-corrected chi connectivity index (χ4v) is 2.83. The molecule has 0 fully saturated rings. The zero-order chi connectivity index (χ0) is 18.0. The summed E-state index contributed by atoms with van der Waals surface area (Å²) in [7, 11) is 0. The van der Waals surface area contributed by atoms with Gasteiger partial charge in [-0.15, -0.1) is 0 Å². The van der Waals surface area contributed by atoms with Crippen LogP contribution in [-0.4, -0.2) is 16.5 Å². The van der Waals surface area contributed by atoms with Gasteiger partial charge >= 0.3 is 0 Å². The quantitative estimate of drug-likeness (QED) is 0.663. The number of hydrogen-bond acceptors (Lipinski definition) is 4. The predicted octanol–water partition coefficient (Wildman–Crippen LogP) is 5.13. The average molecular weight is 359 g/mol. The van der Waals surface area contributed by atoms with E-state index in [0.717, 1.165) is 35.0 Å². The Kier molecular flexibility index (Phi) is 5.04. The van der Waals surface area contributed by atoms with E-state index >= 15 is 0 Å². The van der Waals surface area contributed by atoms with Gasteiger partial charge in [-0.25, -0.2) is 9.37 Å². The number of fused-ring (bicyclic) bond motifs is 1. The van der Waals surface area contributed by atoms with Crippen LogP contribution in [0.4, 0.5) is 16.2 Å². The summed E-state index contributed by atoms with van der Waals surface area (Å²) in [6, 6.07) is 10.4. The molecule has 0 bridgehead atoms. The number of halogens is 2. The summed E-state index contributed by atoms with van der Waals surface area (Å²) in [6.07, 6.45) is 1.06. The van der Waals surface area contributed by atoms with Crippen molar-refractivity contribution in [3.63, 3.8) is 0 Å². The Morgan fingerprint density at radius 1 is 1.24 bits per heavy atom. The van der Waals surface area contributed by atoms with Crippen LogP contribution in [0.1, 0.15) is 20.3 Å². The minimum absolute atomic E-state index is 0.0833. The van der Waals surface area contributed by atoms with E-state index < -0.39 is 5.82 Å². The first-order valence-electron chi connectivity index (χ1n) is 8.25. The molecule has 0 aliphatic carbocycles. The zero-order valence-corrected chi connectivity index (χ0v) is 14.9. The predicted molar refractivity (Wildman–Crippen MR) is 102 cm³/mol. The van der Waals surface area contributed by atoms with Crippen LogP contribution in [0.25, 0.3) is 22.0 Å². The second kappa shape index (κ2) is 7.23. The summed E-state index contributed by atoms with van der Waals surface area (Å²) in [5.74, 6) is 0.951. The summed E-state index contributed by atoms with van der Waals surface area (Å²) in [4.78, 5) is 8.71. The largest absolute Gasteiger partial charge is 0.369 e. The summed E-state index contributed by atoms with van der Waals surface area (Å²) in [6.45, 7) is 5.09. The first-order chi connectivity index (χ1) is 12.0. The van der Waals surface area contributed by atoms with Gasteiger partial charge < -0.3 is 11.1 Å². The summed E-state index contributed by atoms with van der Waals surface area (Å²) >= 11 is 5.96. The molecular weight excluding hydrogens is 339 g/mol. The maximum atomic E-state index is 13.5. The van der Waals surface area contributed by atoms with Crippen LogP contribution in [0.15, 0.2) is 36.4 Å². The molecule has 6 heteroatoms. The highest BCUT2D eigenvalue weighted by atomic mass is 35.5. The molecule has 1 unspecified atom stereocenters. The van der Waals surface area contributed by atoms with E-state index in [1.165, 1.54) is 6.07 Å². The van der Waals surface area contributed by atoms with Crippen LogP contribution in [0, 0.1) is 11.7 Å². The van der Waals surface area contributed by atoms with Gasteiger partial charge in [0.15, 0.2) is 0 Å². The fourth-order valence-electron chi connectivity index (χ4n) is 2.65. The Hall–Kier alpha value is -2.40. The Morgan fingerprint density at radius 2 is 2.04 bits per heavy atom. The number of nitrogen functional groups attached to an aromatic ring is 1. The molecule has 0 saturated heterocycles. The fraction of sp³-hybridized carbons (Fsp3) is 0.263. The first kappa shape index (κ1) is 17.4. The van der Waals surface area contributed by atoms with E-state index in [-0.39, 0.29) is 11.0 Å². The van der Waals surface area contributed by atoms with Gasteiger partial charge in [-0.2, -0.15) is 4.98 Å². The van der Waals surface area contributed by atoms with E-state index in [2.05, 4.69) is 29.1 Å². The van der Waals surface area contributed by atoms with E-state index in [1.54, 1.807) is 12.1 Å². The van der Waals surface area contributed by atoms with Crippen LogP contribution in [-0.2, 0) is 0 Å². The van der Waals surface area contributed by atoms with Crippen molar-refractivity contribution in [1.82, 2.24) is 9.97 Å². The molecule has 0 aliphatic heterocycles. The van der Waals surface area contributed by atoms with E-state index in [4.69, 9.17) is 17.3 Å². The number of nitrogens with two attached hydrogens (primary N) is 1. The van der Waals surface area contributed by atoms with Gasteiger partial charge in [0.05, 0.1) is 15.9 Å². The Balaban J connectivity index is 2.16. The summed E-state index contributed by atoms with van der Waals surface area (Å²) in [5, 5.41) is 4.31. The van der Waals surface area contributed by atoms with Crippen LogP contribution < -0.4 is 11.1 Å². The minimum Gasteiger partial charge on any atom is -0.369 e. The number of nitrogens with one attached hydrogen (secondary N) is 1. The van der Waals surface area contributed by atoms with Crippen LogP contribution >= 0.6 is 11.6 Å². The number of hydrogen-bond donors (Lipinski definition) is 2. The standard InChI is InChI=1S/C19H20ClFN4/c1-3-11(2)10-23-18-17-13(12-7-8-15(21)14(20)9-12)5-4-6-16(17)24-19(22)25-18/h4-9,11H,3,10H2,1-2H3,(H3,22,23,24,25). The summed E-state index contributed by atoms with van der Waals surface area (Å²) in [5.41, 5.74) is 8.28. The lowest BCUT2D eigenvalue weighted by atomic mass is 10.0. The van der Waals surface area contributed by atoms with Gasteiger partial charge in [-0.05, 0) is 35.2 Å². The molecule has 0 aliphatic rings. The molecule has 1 atom stereocenters. The molecule has 0 radical (unpaired) electrons. The molecule has 130 valence electrons. The molecule has 0 saturated carbocycles. The van der Waals surface area contributed by atoms with Crippen LogP contribution in [0.3, 0.4) is 0 Å². The Bertz CT molecular complexity index is 913. The zero-order valence-electron chi connectivity index (χ0n) is 14.2. The SMILES string of the molecule is CCC(C)CNc1nc(N)nc2cccc(-c3ccc(F)c(Cl)c3)c12. The number of anilines is 2. The normalized spacial score (nSPS) is 12.3. The van der Waals surface area contributed by atoms with E-state index in [1.807, 2.05) is 18.2 Å². The minimum atomic E-state index is -0.443. The summed E-state index contributed by atoms with van der Waals surface area (Å²) < 4.78 is 13.5. The Morgan fingerprint density at radius 3 is 2.76 bits per heavy atom. The van der Waals surface area contributed by atoms with Crippen molar-refractivity contribution in [3.8, 4) is 11.1 Å². The van der Waals surface area contributed by atoms with Gasteiger partial charge in [0.2, 0.25) is 5.95 Å². The van der Waals surface area contributed by atoms with Crippen molar-refractivity contribution in [2.45, 2.75) is 20.3 Å². The van der Waals surface area contributed by atoms with Gasteiger partial charge in [0, 0.05) is 6.54 Å². The van der Waals surface area contributed by atoms with Gasteiger partial charge in [-0.1, -0.05) is 50.1 Å². The molecule has 0 amide bonds. The van der Waals surface area contributed by atoms with E-state index in [0.29, 0.717) is 11.7 Å². The van der Waals surface area contributed by atoms with Crippen molar-refractivity contribution in [3.05, 3.63) is 47.2 Å². The van der Waals surface area contributed by atoms with Crippen molar-refractivity contribution >= 4 is 34.3 Å². The average Bonchev–Trinajstić information content (AvgIpc) is 2.60. The second-order valence-corrected chi connectivity index (χ2v) is 6.56. The van der Waals surface area contributed by atoms with Gasteiger partial charge in [-0.3, -0.25) is 0 Å². The van der Waals surface area contributed by atoms with Crippen molar-refractivity contribution in [2.24, 2.45) is 5.92 Å². The third-order valence-corrected chi connectivity index (χ3v) is 4.58. The van der Waals surface area contributed by atoms with E-state index in [9.17, 15) is 4.39 Å². The van der Waals surface area contributed by atoms with Crippen LogP contribution in [0.2, 0.25) is 5.02 Å². The maximum absolute atomic E-state index is 13.5. The number of rotatable bonds is 5. The third-order valence-electron chi connectivity index (χ3n) is 4.29. The topological polar surface area (TPSA) is 63.8 Å². The van der Waals surface area contributed by atoms with Crippen molar-refractivity contribution in [1.29, 1.82) is 0 Å². The molecule has 2 aromatic carbocycles. The maximum Gasteiger partial charge on any atom is 0.222 e. The number of benzene rings is 2. The molecule has 3 aromatic rings. The molecule has 1 heterocycles. The molecule has 25 heavy (non-hydrogen) atoms. The lowest BCUT2D eigenvalue weighted by Crippen LogP contribution is -2.13. The highest BCUT2D eigenvalue weighted by Crippen LogP contribution is 2.34. The van der Waals surface area contributed by atoms with Crippen LogP contribution in [0.5, 0.6) is 0 Å². The Labute approximate surface area is 151 Å². The lowest BCUT2D eigenvalue weighted by Gasteiger charge is -2.15. The number of aromatic nitrogens is 2. The third kappa shape index (κ3) is 3.66. The van der Waals surface area contributed by atoms with Crippen molar-refractivity contribution in [2.75, 3.05) is 17.6 Å². The highest BCUT2D eigenvalue weighted by molar-refractivity contribution is 6.31. The smallest absolute Gasteiger partial charge is 0.222 e. The lowest BCUT2D eigenvalue weighted by molar-refractivity contribution is 0.593. The molecule has 4 nitrogen and oxygen atoms in total. The molecule has 3 N–H and O–H groups in total. The van der Waals surface area contributed by atoms with Gasteiger partial charge in [0.25, 0.3) is 0 Å². The monoisotopic (exact) mass is 358 g/mol. The second-order valence-electron chi connectivity index (χ2n) is 6.15. The molecule has 0 spiro atoms. The van der Waals surface area contributed by atoms with Crippen molar-refractivity contribution < 1.29 is 4.39 Å². The molecular formula is C19H20ClFN4. The molecule has 3 rings (SSSR count). The molecule has 1 aromatic heterocycles. The first-order valence-corrected chi connectivity index (χ1v) is 8.63. The number of nitrogens with zero attached hydrogens (tertiary/aromatic N) is 2. The highest BCUT2D eigenvalue weighted by Gasteiger charge is 2.14. The van der Waals surface area contributed by atoms with Gasteiger partial charge in [0.1, 0.15) is 11.6 Å².